The van der Waals surface area contributed by atoms with Crippen LogP contribution >= 0.6 is 0 Å². The fourth-order valence-corrected chi connectivity index (χ4v) is 9.99. The molecule has 0 aliphatic rings. The fraction of sp³-hybridized carbons (Fsp3) is 0.787. The highest BCUT2D eigenvalue weighted by Gasteiger charge is 2.24. The van der Waals surface area contributed by atoms with E-state index in [1.165, 1.54) is 77.0 Å². The van der Waals surface area contributed by atoms with Gasteiger partial charge in [-0.25, -0.2) is 0 Å². The summed E-state index contributed by atoms with van der Waals surface area (Å²) in [6, 6.07) is 0. The molecule has 0 aromatic heterocycles. The van der Waals surface area contributed by atoms with Crippen molar-refractivity contribution in [3.63, 3.8) is 0 Å². The third-order valence-corrected chi connectivity index (χ3v) is 15.8. The molecule has 0 fully saturated rings. The monoisotopic (exact) mass is 1310 g/mol. The van der Waals surface area contributed by atoms with Crippen molar-refractivity contribution in [3.8, 4) is 0 Å². The zero-order valence-corrected chi connectivity index (χ0v) is 59.3. The van der Waals surface area contributed by atoms with Crippen LogP contribution in [0.3, 0.4) is 0 Å². The van der Waals surface area contributed by atoms with Gasteiger partial charge in [-0.1, -0.05) is 167 Å². The van der Waals surface area contributed by atoms with Gasteiger partial charge in [0, 0.05) is 76.3 Å². The van der Waals surface area contributed by atoms with Gasteiger partial charge in [-0.15, -0.1) is 0 Å². The Kier molecular flexibility index (Phi) is 62.8. The van der Waals surface area contributed by atoms with Crippen molar-refractivity contribution >= 4 is 47.8 Å². The first kappa shape index (κ1) is 87.6. The standard InChI is InChI=1S/C75H130N2O16/c1-7-13-17-21-25-29-41-56-86-68(78)46-33-37-50-72(82)90-62-66(63-91-73(83)51-38-34-47-69(79)87-57-42-30-26-22-18-14-8-2)60-77(55-45-54-76(11-5)12-6)61-67(64-92-74(84)52-39-35-48-70(80)88-58-43-31-27-23-19-15-9-3)65-93-75(85)53-40-36-49-71(81)89-59-44-32-28-24-20-16-10-4/h29-32,41-44,66-67H,7-28,33-40,45-65H2,1-6H3/b41-29-,42-30-,43-31-,44-32-. The van der Waals surface area contributed by atoms with Crippen molar-refractivity contribution in [1.82, 2.24) is 9.80 Å². The first-order valence-corrected chi connectivity index (χ1v) is 36.6. The molecular weight excluding hydrogens is 1180 g/mol. The number of allylic oxidation sites excluding steroid dienone is 4. The van der Waals surface area contributed by atoms with Gasteiger partial charge in [0.1, 0.15) is 26.4 Å². The van der Waals surface area contributed by atoms with Crippen LogP contribution in [0.5, 0.6) is 0 Å². The molecule has 0 saturated carbocycles. The van der Waals surface area contributed by atoms with Gasteiger partial charge < -0.3 is 47.7 Å². The molecule has 18 nitrogen and oxygen atoms in total. The normalized spacial score (nSPS) is 11.7. The average molecular weight is 1320 g/mol. The van der Waals surface area contributed by atoms with E-state index in [0.717, 1.165) is 77.4 Å². The molecule has 0 atom stereocenters. The van der Waals surface area contributed by atoms with Crippen molar-refractivity contribution in [2.45, 2.75) is 279 Å². The van der Waals surface area contributed by atoms with Crippen molar-refractivity contribution in [2.75, 3.05) is 92.1 Å². The van der Waals surface area contributed by atoms with Crippen LogP contribution in [0.15, 0.2) is 48.6 Å². The molecule has 18 heteroatoms. The third kappa shape index (κ3) is 61.3. The quantitative estimate of drug-likeness (QED) is 0.0239. The summed E-state index contributed by atoms with van der Waals surface area (Å²) < 4.78 is 44.9. The minimum absolute atomic E-state index is 0.0730. The predicted octanol–water partition coefficient (Wildman–Crippen LogP) is 15.9. The average Bonchev–Trinajstić information content (AvgIpc) is 3.35. The number of hydrogen-bond acceptors (Lipinski definition) is 18. The molecule has 0 heterocycles. The second-order valence-corrected chi connectivity index (χ2v) is 24.4. The van der Waals surface area contributed by atoms with Crippen LogP contribution in [0.2, 0.25) is 0 Å². The summed E-state index contributed by atoms with van der Waals surface area (Å²) in [7, 11) is 0. The Labute approximate surface area is 563 Å². The van der Waals surface area contributed by atoms with E-state index in [2.05, 4.69) is 51.3 Å². The highest BCUT2D eigenvalue weighted by Crippen LogP contribution is 2.16. The molecule has 0 aliphatic heterocycles. The van der Waals surface area contributed by atoms with Crippen LogP contribution in [-0.4, -0.2) is 150 Å². The van der Waals surface area contributed by atoms with Gasteiger partial charge in [-0.05, 0) is 135 Å². The van der Waals surface area contributed by atoms with Crippen molar-refractivity contribution in [1.29, 1.82) is 0 Å². The van der Waals surface area contributed by atoms with Crippen LogP contribution in [0.1, 0.15) is 279 Å². The predicted molar refractivity (Wildman–Crippen MR) is 369 cm³/mol. The van der Waals surface area contributed by atoms with E-state index in [4.69, 9.17) is 37.9 Å². The highest BCUT2D eigenvalue weighted by molar-refractivity contribution is 5.73. The Morgan fingerprint density at radius 3 is 0.710 bits per heavy atom. The van der Waals surface area contributed by atoms with Crippen LogP contribution < -0.4 is 0 Å². The summed E-state index contributed by atoms with van der Waals surface area (Å²) in [5.41, 5.74) is 0. The number of unbranched alkanes of at least 4 members (excludes halogenated alkanes) is 20. The molecule has 0 saturated heterocycles. The number of rotatable bonds is 66. The zero-order chi connectivity index (χ0) is 68.3. The molecule has 0 spiro atoms. The van der Waals surface area contributed by atoms with E-state index in [-0.39, 0.29) is 128 Å². The van der Waals surface area contributed by atoms with Crippen LogP contribution in [-0.2, 0) is 76.3 Å². The minimum atomic E-state index is -0.502. The first-order chi connectivity index (χ1) is 45.3. The summed E-state index contributed by atoms with van der Waals surface area (Å²) in [4.78, 5) is 107. The second kappa shape index (κ2) is 66.7. The molecule has 0 aliphatic carbocycles. The maximum atomic E-state index is 13.3. The highest BCUT2D eigenvalue weighted by atomic mass is 16.6. The lowest BCUT2D eigenvalue weighted by atomic mass is 10.1. The van der Waals surface area contributed by atoms with Crippen LogP contribution in [0.25, 0.3) is 0 Å². The molecular formula is C75H130N2O16. The van der Waals surface area contributed by atoms with E-state index < -0.39 is 35.7 Å². The Bertz CT molecular complexity index is 1750. The van der Waals surface area contributed by atoms with Gasteiger partial charge in [0.05, 0.1) is 26.4 Å². The number of carbonyl (C=O) groups excluding carboxylic acids is 8. The lowest BCUT2D eigenvalue weighted by Gasteiger charge is -2.31. The van der Waals surface area contributed by atoms with Gasteiger partial charge in [0.2, 0.25) is 0 Å². The van der Waals surface area contributed by atoms with Crippen molar-refractivity contribution < 1.29 is 76.3 Å². The summed E-state index contributed by atoms with van der Waals surface area (Å²) >= 11 is 0. The Morgan fingerprint density at radius 2 is 0.484 bits per heavy atom. The Balaban J connectivity index is 6.24. The first-order valence-electron chi connectivity index (χ1n) is 36.6. The molecule has 0 aromatic carbocycles. The van der Waals surface area contributed by atoms with Crippen LogP contribution in [0.4, 0.5) is 0 Å². The van der Waals surface area contributed by atoms with E-state index in [9.17, 15) is 38.4 Å². The minimum Gasteiger partial charge on any atom is -0.465 e. The molecule has 93 heavy (non-hydrogen) atoms. The smallest absolute Gasteiger partial charge is 0.306 e. The van der Waals surface area contributed by atoms with E-state index in [1.54, 1.807) is 0 Å². The maximum absolute atomic E-state index is 13.3. The van der Waals surface area contributed by atoms with E-state index in [0.29, 0.717) is 71.0 Å². The van der Waals surface area contributed by atoms with Gasteiger partial charge in [-0.2, -0.15) is 0 Å². The zero-order valence-electron chi connectivity index (χ0n) is 59.3. The number of carbonyl (C=O) groups is 8. The van der Waals surface area contributed by atoms with Gasteiger partial charge in [-0.3, -0.25) is 38.4 Å². The van der Waals surface area contributed by atoms with E-state index >= 15 is 0 Å². The molecule has 0 unspecified atom stereocenters. The Hall–Kier alpha value is -5.36. The fourth-order valence-electron chi connectivity index (χ4n) is 9.99. The molecule has 0 radical (unpaired) electrons. The van der Waals surface area contributed by atoms with Crippen molar-refractivity contribution in [2.24, 2.45) is 11.8 Å². The lowest BCUT2D eigenvalue weighted by molar-refractivity contribution is -0.151. The number of hydrogen-bond donors (Lipinski definition) is 0. The number of ether oxygens (including phenoxy) is 8. The van der Waals surface area contributed by atoms with Gasteiger partial charge in [0.25, 0.3) is 0 Å². The molecule has 0 N–H and O–H groups in total. The third-order valence-electron chi connectivity index (χ3n) is 15.8. The van der Waals surface area contributed by atoms with Crippen LogP contribution in [0, 0.1) is 11.8 Å². The molecule has 0 amide bonds. The number of nitrogens with zero attached hydrogens (tertiary/aromatic N) is 2. The van der Waals surface area contributed by atoms with Gasteiger partial charge >= 0.3 is 47.8 Å². The summed E-state index contributed by atoms with van der Waals surface area (Å²) in [6.45, 7) is 17.1. The van der Waals surface area contributed by atoms with Crippen molar-refractivity contribution in [3.05, 3.63) is 48.6 Å². The molecule has 0 rings (SSSR count). The molecule has 536 valence electrons. The van der Waals surface area contributed by atoms with Gasteiger partial charge in [0.15, 0.2) is 0 Å². The van der Waals surface area contributed by atoms with E-state index in [1.807, 2.05) is 48.6 Å². The Morgan fingerprint density at radius 1 is 0.258 bits per heavy atom. The number of esters is 8. The summed E-state index contributed by atoms with van der Waals surface area (Å²) in [5.74, 6) is -4.16. The SMILES string of the molecule is CCCCCC/C=C\COC(=O)CCCCC(=O)OCC(COC(=O)CCCCC(=O)OC/C=C\CCCCCC)CN(CCCN(CC)CC)CC(COC(=O)CCCCC(=O)OC/C=C\CCCCCC)COC(=O)CCCCC(=O)OC/C=C\CCCCCC. The molecule has 0 bridgehead atoms. The second-order valence-electron chi connectivity index (χ2n) is 24.4. The summed E-state index contributed by atoms with van der Waals surface area (Å²) in [6.07, 6.45) is 43.3. The lowest BCUT2D eigenvalue weighted by Crippen LogP contribution is -2.41. The topological polar surface area (TPSA) is 217 Å². The summed E-state index contributed by atoms with van der Waals surface area (Å²) in [5, 5.41) is 0. The molecule has 0 aromatic rings. The maximum Gasteiger partial charge on any atom is 0.306 e. The largest absolute Gasteiger partial charge is 0.465 e.